The van der Waals surface area contributed by atoms with Gasteiger partial charge in [-0.05, 0) is 30.8 Å². The molecule has 0 bridgehead atoms. The number of hydrogen-bond acceptors (Lipinski definition) is 4. The second-order valence-electron chi connectivity index (χ2n) is 7.10. The second kappa shape index (κ2) is 7.03. The number of halogens is 1. The number of amides is 1. The number of likely N-dealkylation sites (N-methyl/N-ethyl adjacent to an activating group) is 1. The van der Waals surface area contributed by atoms with E-state index in [4.69, 9.17) is 0 Å². The highest BCUT2D eigenvalue weighted by atomic mass is 19.1. The van der Waals surface area contributed by atoms with E-state index in [1.54, 1.807) is 23.1 Å². The maximum Gasteiger partial charge on any atom is 0.272 e. The minimum Gasteiger partial charge on any atom is -0.354 e. The molecule has 4 rings (SSSR count). The van der Waals surface area contributed by atoms with Crippen LogP contribution in [-0.2, 0) is 0 Å². The molecule has 2 aliphatic heterocycles. The Labute approximate surface area is 153 Å². The maximum absolute atomic E-state index is 13.9. The molecule has 5 nitrogen and oxygen atoms in total. The summed E-state index contributed by atoms with van der Waals surface area (Å²) in [7, 11) is 2.11. The second-order valence-corrected chi connectivity index (χ2v) is 7.10. The summed E-state index contributed by atoms with van der Waals surface area (Å²) in [6, 6.07) is 12.4. The molecule has 0 atom stereocenters. The summed E-state index contributed by atoms with van der Waals surface area (Å²) < 4.78 is 13.9. The van der Waals surface area contributed by atoms with Crippen molar-refractivity contribution in [1.82, 2.24) is 14.8 Å². The number of pyridine rings is 1. The number of anilines is 1. The Balaban J connectivity index is 1.42. The number of likely N-dealkylation sites (tertiary alicyclic amines) is 1. The average Bonchev–Trinajstić information content (AvgIpc) is 2.63. The molecular weight excluding hydrogens is 331 g/mol. The smallest absolute Gasteiger partial charge is 0.272 e. The van der Waals surface area contributed by atoms with Gasteiger partial charge in [-0.15, -0.1) is 0 Å². The van der Waals surface area contributed by atoms with Crippen LogP contribution in [0.5, 0.6) is 0 Å². The molecular formula is C20H23FN4O. The molecule has 0 spiro atoms. The molecule has 0 unspecified atom stereocenters. The molecule has 1 aromatic carbocycles. The first-order chi connectivity index (χ1) is 12.6. The Kier molecular flexibility index (Phi) is 4.59. The van der Waals surface area contributed by atoms with Crippen molar-refractivity contribution >= 4 is 11.7 Å². The van der Waals surface area contributed by atoms with Crippen molar-refractivity contribution in [2.75, 3.05) is 51.2 Å². The van der Waals surface area contributed by atoms with E-state index in [2.05, 4.69) is 21.8 Å². The number of carbonyl (C=O) groups is 1. The third kappa shape index (κ3) is 3.29. The lowest BCUT2D eigenvalue weighted by molar-refractivity contribution is 0.0593. The first kappa shape index (κ1) is 17.0. The number of aromatic nitrogens is 1. The van der Waals surface area contributed by atoms with E-state index in [1.807, 2.05) is 18.2 Å². The van der Waals surface area contributed by atoms with Gasteiger partial charge >= 0.3 is 0 Å². The highest BCUT2D eigenvalue weighted by Gasteiger charge is 2.34. The van der Waals surface area contributed by atoms with Crippen molar-refractivity contribution in [3.8, 4) is 0 Å². The zero-order valence-electron chi connectivity index (χ0n) is 14.9. The van der Waals surface area contributed by atoms with Crippen molar-refractivity contribution in [1.29, 1.82) is 0 Å². The van der Waals surface area contributed by atoms with E-state index in [0.29, 0.717) is 24.3 Å². The fourth-order valence-corrected chi connectivity index (χ4v) is 3.56. The Morgan fingerprint density at radius 1 is 1.04 bits per heavy atom. The zero-order valence-corrected chi connectivity index (χ0v) is 14.9. The minimum absolute atomic E-state index is 0.0703. The van der Waals surface area contributed by atoms with Crippen LogP contribution in [0.2, 0.25) is 0 Å². The van der Waals surface area contributed by atoms with Crippen molar-refractivity contribution in [2.45, 2.75) is 5.92 Å². The van der Waals surface area contributed by atoms with Crippen LogP contribution in [0.15, 0.2) is 42.5 Å². The van der Waals surface area contributed by atoms with E-state index in [1.165, 1.54) is 6.07 Å². The Morgan fingerprint density at radius 2 is 1.77 bits per heavy atom. The van der Waals surface area contributed by atoms with E-state index in [-0.39, 0.29) is 17.6 Å². The summed E-state index contributed by atoms with van der Waals surface area (Å²) in [6.07, 6.45) is 0. The average molecular weight is 354 g/mol. The van der Waals surface area contributed by atoms with Crippen LogP contribution in [0.25, 0.3) is 0 Å². The van der Waals surface area contributed by atoms with Gasteiger partial charge in [-0.25, -0.2) is 9.37 Å². The SMILES string of the molecule is CN1CCN(c2cccc(C(=O)N3CC(c4ccccc4F)C3)n2)CC1. The summed E-state index contributed by atoms with van der Waals surface area (Å²) >= 11 is 0. The number of carbonyl (C=O) groups excluding carboxylic acids is 1. The van der Waals surface area contributed by atoms with Gasteiger partial charge in [0, 0.05) is 45.2 Å². The quantitative estimate of drug-likeness (QED) is 0.847. The molecule has 0 radical (unpaired) electrons. The Bertz CT molecular complexity index is 798. The first-order valence-electron chi connectivity index (χ1n) is 9.06. The molecule has 2 aromatic rings. The fourth-order valence-electron chi connectivity index (χ4n) is 3.56. The summed E-state index contributed by atoms with van der Waals surface area (Å²) in [6.45, 7) is 4.91. The van der Waals surface area contributed by atoms with Gasteiger partial charge < -0.3 is 14.7 Å². The number of piperazine rings is 1. The largest absolute Gasteiger partial charge is 0.354 e. The van der Waals surface area contributed by atoms with Gasteiger partial charge in [0.25, 0.3) is 5.91 Å². The summed E-state index contributed by atoms with van der Waals surface area (Å²) in [5.41, 5.74) is 1.16. The van der Waals surface area contributed by atoms with E-state index in [9.17, 15) is 9.18 Å². The predicted molar refractivity (Wildman–Crippen MR) is 99.0 cm³/mol. The molecule has 1 amide bonds. The highest BCUT2D eigenvalue weighted by molar-refractivity contribution is 5.93. The first-order valence-corrected chi connectivity index (χ1v) is 9.06. The molecule has 1 aromatic heterocycles. The third-order valence-corrected chi connectivity index (χ3v) is 5.29. The molecule has 0 saturated carbocycles. The highest BCUT2D eigenvalue weighted by Crippen LogP contribution is 2.30. The van der Waals surface area contributed by atoms with Crippen molar-refractivity contribution in [3.63, 3.8) is 0 Å². The third-order valence-electron chi connectivity index (χ3n) is 5.29. The normalized spacial score (nSPS) is 18.7. The molecule has 2 aliphatic rings. The number of rotatable bonds is 3. The maximum atomic E-state index is 13.9. The molecule has 0 N–H and O–H groups in total. The van der Waals surface area contributed by atoms with Gasteiger partial charge in [0.1, 0.15) is 17.3 Å². The van der Waals surface area contributed by atoms with Crippen LogP contribution in [-0.4, -0.2) is 67.0 Å². The van der Waals surface area contributed by atoms with Gasteiger partial charge in [0.15, 0.2) is 0 Å². The van der Waals surface area contributed by atoms with Crippen LogP contribution < -0.4 is 4.90 Å². The molecule has 6 heteroatoms. The van der Waals surface area contributed by atoms with Gasteiger partial charge in [-0.1, -0.05) is 24.3 Å². The van der Waals surface area contributed by atoms with Gasteiger partial charge in [0.05, 0.1) is 0 Å². The Morgan fingerprint density at radius 3 is 2.50 bits per heavy atom. The minimum atomic E-state index is -0.195. The van der Waals surface area contributed by atoms with Crippen molar-refractivity contribution < 1.29 is 9.18 Å². The molecule has 0 aliphatic carbocycles. The number of nitrogens with zero attached hydrogens (tertiary/aromatic N) is 4. The number of hydrogen-bond donors (Lipinski definition) is 0. The summed E-state index contributed by atoms with van der Waals surface area (Å²) in [5.74, 6) is 0.657. The van der Waals surface area contributed by atoms with Crippen LogP contribution in [0.3, 0.4) is 0 Å². The van der Waals surface area contributed by atoms with Crippen LogP contribution in [0.4, 0.5) is 10.2 Å². The zero-order chi connectivity index (χ0) is 18.1. The monoisotopic (exact) mass is 354 g/mol. The summed E-state index contributed by atoms with van der Waals surface area (Å²) in [5, 5.41) is 0. The molecule has 2 saturated heterocycles. The van der Waals surface area contributed by atoms with Crippen molar-refractivity contribution in [3.05, 3.63) is 59.5 Å². The van der Waals surface area contributed by atoms with E-state index < -0.39 is 0 Å². The van der Waals surface area contributed by atoms with Crippen LogP contribution in [0.1, 0.15) is 22.0 Å². The summed E-state index contributed by atoms with van der Waals surface area (Å²) in [4.78, 5) is 23.5. The van der Waals surface area contributed by atoms with Crippen LogP contribution in [0, 0.1) is 5.82 Å². The van der Waals surface area contributed by atoms with E-state index >= 15 is 0 Å². The molecule has 3 heterocycles. The van der Waals surface area contributed by atoms with E-state index in [0.717, 1.165) is 32.0 Å². The number of benzene rings is 1. The van der Waals surface area contributed by atoms with Crippen LogP contribution >= 0.6 is 0 Å². The lowest BCUT2D eigenvalue weighted by atomic mass is 9.91. The molecule has 2 fully saturated rings. The lowest BCUT2D eigenvalue weighted by Gasteiger charge is -2.39. The molecule has 26 heavy (non-hydrogen) atoms. The van der Waals surface area contributed by atoms with Gasteiger partial charge in [-0.2, -0.15) is 0 Å². The lowest BCUT2D eigenvalue weighted by Crippen LogP contribution is -2.49. The topological polar surface area (TPSA) is 39.7 Å². The van der Waals surface area contributed by atoms with Gasteiger partial charge in [0.2, 0.25) is 0 Å². The predicted octanol–water partition coefficient (Wildman–Crippen LogP) is 2.21. The molecule has 136 valence electrons. The van der Waals surface area contributed by atoms with Crippen molar-refractivity contribution in [2.24, 2.45) is 0 Å². The van der Waals surface area contributed by atoms with Gasteiger partial charge in [-0.3, -0.25) is 4.79 Å². The standard InChI is InChI=1S/C20H23FN4O/c1-23-9-11-24(12-10-23)19-8-4-7-18(22-19)20(26)25-13-15(14-25)16-5-2-3-6-17(16)21/h2-8,15H,9-14H2,1H3. The fraction of sp³-hybridized carbons (Fsp3) is 0.400. The Hall–Kier alpha value is -2.47.